The standard InChI is InChI=1S/C53H34N2O/c1-3-18-39(19-4-1)54-41-22-12-16-37(32-41)53(45-24-7-9-26-49(45)56-50-27-10-8-25-46(50)53)38-17-13-23-42(33-38)55(40-20-5-2-6-21-40)48-34-47(54)43-30-28-35-14-11-15-36-29-31-44(48)52(43)51(35)36/h1-34H. The number of benzene rings is 10. The third-order valence-electron chi connectivity index (χ3n) is 12.0. The Morgan fingerprint density at radius 1 is 0.339 bits per heavy atom. The molecule has 3 heteroatoms. The van der Waals surface area contributed by atoms with Gasteiger partial charge in [-0.05, 0) is 94.0 Å². The lowest BCUT2D eigenvalue weighted by atomic mass is 9.63. The zero-order valence-corrected chi connectivity index (χ0v) is 30.4. The zero-order chi connectivity index (χ0) is 36.8. The van der Waals surface area contributed by atoms with Crippen LogP contribution in [0.15, 0.2) is 206 Å². The highest BCUT2D eigenvalue weighted by atomic mass is 16.5. The Balaban J connectivity index is 1.30. The fourth-order valence-electron chi connectivity index (χ4n) is 9.71. The Kier molecular flexibility index (Phi) is 6.55. The molecule has 0 fully saturated rings. The van der Waals surface area contributed by atoms with Gasteiger partial charge in [-0.15, -0.1) is 0 Å². The van der Waals surface area contributed by atoms with Crippen molar-refractivity contribution in [1.82, 2.24) is 0 Å². The van der Waals surface area contributed by atoms with E-state index in [1.807, 2.05) is 0 Å². The predicted molar refractivity (Wildman–Crippen MR) is 231 cm³/mol. The predicted octanol–water partition coefficient (Wildman–Crippen LogP) is 14.3. The molecule has 2 aliphatic heterocycles. The minimum absolute atomic E-state index is 0.698. The van der Waals surface area contributed by atoms with E-state index in [2.05, 4.69) is 216 Å². The summed E-state index contributed by atoms with van der Waals surface area (Å²) in [5, 5.41) is 7.45. The minimum atomic E-state index is -0.698. The summed E-state index contributed by atoms with van der Waals surface area (Å²) in [5.74, 6) is 1.73. The van der Waals surface area contributed by atoms with E-state index in [1.165, 1.54) is 43.4 Å². The Hall–Kier alpha value is -7.36. The van der Waals surface area contributed by atoms with Gasteiger partial charge in [-0.25, -0.2) is 0 Å². The van der Waals surface area contributed by atoms with Crippen LogP contribution in [0.4, 0.5) is 34.1 Å². The van der Waals surface area contributed by atoms with E-state index in [-0.39, 0.29) is 0 Å². The summed E-state index contributed by atoms with van der Waals surface area (Å²) in [5.41, 5.74) is 10.5. The number of fused-ring (bicyclic) bond motifs is 14. The lowest BCUT2D eigenvalue weighted by Gasteiger charge is -2.42. The van der Waals surface area contributed by atoms with Crippen LogP contribution in [0.5, 0.6) is 11.5 Å². The van der Waals surface area contributed by atoms with Gasteiger partial charge in [0.25, 0.3) is 0 Å². The van der Waals surface area contributed by atoms with Gasteiger partial charge in [0.15, 0.2) is 0 Å². The second kappa shape index (κ2) is 11.8. The molecule has 0 atom stereocenters. The molecule has 0 aliphatic carbocycles. The Morgan fingerprint density at radius 3 is 1.30 bits per heavy atom. The van der Waals surface area contributed by atoms with Gasteiger partial charge in [0.05, 0.1) is 16.8 Å². The molecule has 2 heterocycles. The summed E-state index contributed by atoms with van der Waals surface area (Å²) in [6, 6.07) is 75.5. The van der Waals surface area contributed by atoms with Crippen LogP contribution in [-0.4, -0.2) is 0 Å². The summed E-state index contributed by atoms with van der Waals surface area (Å²) in [6.07, 6.45) is 0. The van der Waals surface area contributed by atoms with Crippen molar-refractivity contribution < 1.29 is 4.74 Å². The molecule has 0 saturated heterocycles. The first kappa shape index (κ1) is 31.0. The van der Waals surface area contributed by atoms with Crippen molar-refractivity contribution in [2.75, 3.05) is 9.80 Å². The smallest absolute Gasteiger partial charge is 0.132 e. The van der Waals surface area contributed by atoms with Gasteiger partial charge in [-0.1, -0.05) is 140 Å². The molecule has 2 aliphatic rings. The molecule has 3 nitrogen and oxygen atoms in total. The first-order valence-electron chi connectivity index (χ1n) is 19.3. The molecule has 0 radical (unpaired) electrons. The molecule has 0 aromatic heterocycles. The fourth-order valence-corrected chi connectivity index (χ4v) is 9.71. The molecule has 0 unspecified atom stereocenters. The second-order valence-corrected chi connectivity index (χ2v) is 14.9. The number of para-hydroxylation sites is 4. The molecule has 56 heavy (non-hydrogen) atoms. The number of nitrogens with zero attached hydrogens (tertiary/aromatic N) is 2. The Morgan fingerprint density at radius 2 is 0.786 bits per heavy atom. The highest BCUT2D eigenvalue weighted by Gasteiger charge is 2.46. The van der Waals surface area contributed by atoms with Crippen LogP contribution in [0.3, 0.4) is 0 Å². The van der Waals surface area contributed by atoms with Gasteiger partial charge in [0, 0.05) is 50.0 Å². The average molecular weight is 715 g/mol. The van der Waals surface area contributed by atoms with E-state index in [0.717, 1.165) is 56.8 Å². The van der Waals surface area contributed by atoms with E-state index in [9.17, 15) is 0 Å². The maximum atomic E-state index is 6.73. The van der Waals surface area contributed by atoms with Gasteiger partial charge in [-0.2, -0.15) is 0 Å². The molecular formula is C53H34N2O. The van der Waals surface area contributed by atoms with Crippen LogP contribution in [0.2, 0.25) is 0 Å². The zero-order valence-electron chi connectivity index (χ0n) is 30.4. The van der Waals surface area contributed by atoms with Crippen LogP contribution in [0.25, 0.3) is 32.3 Å². The molecule has 262 valence electrons. The van der Waals surface area contributed by atoms with Crippen LogP contribution >= 0.6 is 0 Å². The third-order valence-corrected chi connectivity index (χ3v) is 12.0. The fraction of sp³-hybridized carbons (Fsp3) is 0.0189. The number of rotatable bonds is 2. The van der Waals surface area contributed by atoms with E-state index in [1.54, 1.807) is 0 Å². The van der Waals surface area contributed by atoms with Crippen molar-refractivity contribution in [2.24, 2.45) is 0 Å². The van der Waals surface area contributed by atoms with Crippen LogP contribution in [0, 0.1) is 0 Å². The highest BCUT2D eigenvalue weighted by Crippen LogP contribution is 2.58. The molecule has 6 bridgehead atoms. The molecule has 10 aromatic carbocycles. The largest absolute Gasteiger partial charge is 0.457 e. The van der Waals surface area contributed by atoms with Crippen LogP contribution in [0.1, 0.15) is 22.3 Å². The highest BCUT2D eigenvalue weighted by molar-refractivity contribution is 6.28. The molecule has 0 saturated carbocycles. The Labute approximate surface area is 325 Å². The summed E-state index contributed by atoms with van der Waals surface area (Å²) in [6.45, 7) is 0. The minimum Gasteiger partial charge on any atom is -0.457 e. The lowest BCUT2D eigenvalue weighted by molar-refractivity contribution is 0.434. The summed E-state index contributed by atoms with van der Waals surface area (Å²) >= 11 is 0. The SMILES string of the molecule is c1ccc(N2c3cccc(c3)C3(c4cccc(c4)N(c4ccccc4)c4cc2c2ccc5cccc6ccc4c2c56)c2ccccc2Oc2ccccc23)cc1. The average Bonchev–Trinajstić information content (AvgIpc) is 3.26. The monoisotopic (exact) mass is 714 g/mol. The van der Waals surface area contributed by atoms with E-state index < -0.39 is 5.41 Å². The van der Waals surface area contributed by atoms with Gasteiger partial charge in [0.1, 0.15) is 11.5 Å². The van der Waals surface area contributed by atoms with Gasteiger partial charge in [0.2, 0.25) is 0 Å². The number of ether oxygens (including phenoxy) is 1. The van der Waals surface area contributed by atoms with Gasteiger partial charge in [-0.3, -0.25) is 0 Å². The quantitative estimate of drug-likeness (QED) is 0.166. The number of hydrogen-bond donors (Lipinski definition) is 0. The van der Waals surface area contributed by atoms with Crippen molar-refractivity contribution in [3.63, 3.8) is 0 Å². The van der Waals surface area contributed by atoms with Crippen molar-refractivity contribution in [3.8, 4) is 11.5 Å². The maximum absolute atomic E-state index is 6.73. The first-order chi connectivity index (χ1) is 27.8. The number of hydrogen-bond acceptors (Lipinski definition) is 3. The van der Waals surface area contributed by atoms with E-state index in [0.29, 0.717) is 0 Å². The van der Waals surface area contributed by atoms with E-state index >= 15 is 0 Å². The van der Waals surface area contributed by atoms with Crippen LogP contribution in [-0.2, 0) is 5.41 Å². The molecule has 12 rings (SSSR count). The van der Waals surface area contributed by atoms with Gasteiger partial charge >= 0.3 is 0 Å². The van der Waals surface area contributed by atoms with Gasteiger partial charge < -0.3 is 14.5 Å². The van der Waals surface area contributed by atoms with Crippen molar-refractivity contribution in [1.29, 1.82) is 0 Å². The topological polar surface area (TPSA) is 15.7 Å². The van der Waals surface area contributed by atoms with Crippen molar-refractivity contribution >= 4 is 66.4 Å². The lowest BCUT2D eigenvalue weighted by Crippen LogP contribution is -2.34. The van der Waals surface area contributed by atoms with Crippen LogP contribution < -0.4 is 14.5 Å². The van der Waals surface area contributed by atoms with E-state index in [4.69, 9.17) is 4.74 Å². The molecule has 0 amide bonds. The molecule has 10 aromatic rings. The molecule has 0 N–H and O–H groups in total. The first-order valence-corrected chi connectivity index (χ1v) is 19.3. The normalized spacial score (nSPS) is 13.9. The molecular weight excluding hydrogens is 681 g/mol. The number of anilines is 6. The third kappa shape index (κ3) is 4.28. The van der Waals surface area contributed by atoms with Crippen molar-refractivity contribution in [3.05, 3.63) is 229 Å². The second-order valence-electron chi connectivity index (χ2n) is 14.9. The molecule has 1 spiro atoms. The van der Waals surface area contributed by atoms with Crippen molar-refractivity contribution in [2.45, 2.75) is 5.41 Å². The maximum Gasteiger partial charge on any atom is 0.132 e. The summed E-state index contributed by atoms with van der Waals surface area (Å²) in [7, 11) is 0. The Bertz CT molecular complexity index is 2930. The summed E-state index contributed by atoms with van der Waals surface area (Å²) < 4.78 is 6.73. The summed E-state index contributed by atoms with van der Waals surface area (Å²) in [4.78, 5) is 4.92.